The van der Waals surface area contributed by atoms with Crippen LogP contribution >= 0.6 is 11.6 Å². The number of imide groups is 1. The van der Waals surface area contributed by atoms with Crippen molar-refractivity contribution in [3.05, 3.63) is 88.0 Å². The van der Waals surface area contributed by atoms with Crippen LogP contribution in [0.1, 0.15) is 62.9 Å². The van der Waals surface area contributed by atoms with Crippen molar-refractivity contribution in [3.8, 4) is 5.69 Å². The average Bonchev–Trinajstić information content (AvgIpc) is 3.37. The minimum Gasteiger partial charge on any atom is -0.275 e. The van der Waals surface area contributed by atoms with Crippen LogP contribution in [-0.4, -0.2) is 26.5 Å². The van der Waals surface area contributed by atoms with Crippen molar-refractivity contribution in [1.82, 2.24) is 14.7 Å². The van der Waals surface area contributed by atoms with Crippen LogP contribution in [0.5, 0.6) is 0 Å². The Morgan fingerprint density at radius 1 is 1.14 bits per heavy atom. The molecule has 0 N–H and O–H groups in total. The van der Waals surface area contributed by atoms with E-state index < -0.39 is 0 Å². The van der Waals surface area contributed by atoms with E-state index in [2.05, 4.69) is 18.1 Å². The molecule has 0 radical (unpaired) electrons. The molecule has 0 bridgehead atoms. The van der Waals surface area contributed by atoms with Crippen LogP contribution < -0.4 is 0 Å². The van der Waals surface area contributed by atoms with Crippen molar-refractivity contribution in [2.24, 2.45) is 11.3 Å². The molecule has 2 aromatic carbocycles. The molecule has 1 aromatic heterocycles. The van der Waals surface area contributed by atoms with E-state index in [1.807, 2.05) is 23.0 Å². The van der Waals surface area contributed by atoms with Gasteiger partial charge in [0.2, 0.25) is 11.8 Å². The summed E-state index contributed by atoms with van der Waals surface area (Å²) in [4.78, 5) is 26.5. The SMILES string of the molecule is CC(=O)N(C(C)=O)C(CC1CCC2=Cc3c(cnn3-c3ccc(F)cc3)CC21C)c1ccc(Cl)cc1. The van der Waals surface area contributed by atoms with Crippen molar-refractivity contribution in [2.75, 3.05) is 0 Å². The van der Waals surface area contributed by atoms with Crippen LogP contribution in [0, 0.1) is 17.2 Å². The molecule has 36 heavy (non-hydrogen) atoms. The summed E-state index contributed by atoms with van der Waals surface area (Å²) in [5.41, 5.74) is 5.18. The Bertz CT molecular complexity index is 1330. The van der Waals surface area contributed by atoms with Crippen LogP contribution in [0.4, 0.5) is 4.39 Å². The lowest BCUT2D eigenvalue weighted by Crippen LogP contribution is -2.39. The third-order valence-corrected chi connectivity index (χ3v) is 8.23. The van der Waals surface area contributed by atoms with Gasteiger partial charge in [0.25, 0.3) is 0 Å². The van der Waals surface area contributed by atoms with Gasteiger partial charge in [-0.05, 0) is 90.6 Å². The molecule has 3 aromatic rings. The van der Waals surface area contributed by atoms with E-state index in [1.165, 1.54) is 36.5 Å². The van der Waals surface area contributed by atoms with Gasteiger partial charge in [0.1, 0.15) is 5.82 Å². The summed E-state index contributed by atoms with van der Waals surface area (Å²) in [6.07, 6.45) is 7.57. The van der Waals surface area contributed by atoms with Gasteiger partial charge in [0.05, 0.1) is 23.6 Å². The third kappa shape index (κ3) is 4.28. The van der Waals surface area contributed by atoms with Gasteiger partial charge in [-0.2, -0.15) is 5.10 Å². The van der Waals surface area contributed by atoms with Crippen molar-refractivity contribution < 1.29 is 14.0 Å². The number of hydrogen-bond donors (Lipinski definition) is 0. The van der Waals surface area contributed by atoms with Crippen molar-refractivity contribution in [2.45, 2.75) is 52.5 Å². The molecule has 2 amide bonds. The second-order valence-electron chi connectivity index (χ2n) is 10.2. The first-order valence-corrected chi connectivity index (χ1v) is 12.6. The van der Waals surface area contributed by atoms with E-state index >= 15 is 0 Å². The van der Waals surface area contributed by atoms with Crippen molar-refractivity contribution >= 4 is 29.5 Å². The van der Waals surface area contributed by atoms with Crippen LogP contribution in [0.15, 0.2) is 60.3 Å². The number of fused-ring (bicyclic) bond motifs is 2. The number of carbonyl (C=O) groups is 2. The number of allylic oxidation sites excluding steroid dienone is 1. The molecule has 3 unspecified atom stereocenters. The van der Waals surface area contributed by atoms with E-state index in [1.54, 1.807) is 24.3 Å². The summed E-state index contributed by atoms with van der Waals surface area (Å²) in [5.74, 6) is -0.515. The molecule has 7 heteroatoms. The van der Waals surface area contributed by atoms with Crippen LogP contribution in [0.3, 0.4) is 0 Å². The van der Waals surface area contributed by atoms with Crippen molar-refractivity contribution in [1.29, 1.82) is 0 Å². The van der Waals surface area contributed by atoms with Crippen molar-refractivity contribution in [3.63, 3.8) is 0 Å². The molecule has 0 aliphatic heterocycles. The highest BCUT2D eigenvalue weighted by Crippen LogP contribution is 2.56. The fourth-order valence-corrected chi connectivity index (χ4v) is 6.23. The summed E-state index contributed by atoms with van der Waals surface area (Å²) >= 11 is 6.13. The third-order valence-electron chi connectivity index (χ3n) is 7.98. The standard InChI is InChI=1S/C29H29ClFN3O2/c1-18(35)33(19(2)36)27(20-4-8-24(30)9-5-20)14-22-6-7-23-15-28-21(16-29(22,23)3)17-32-34(28)26-12-10-25(31)11-13-26/h4-5,8-13,15,17,22,27H,6-7,14,16H2,1-3H3. The molecule has 5 rings (SSSR count). The van der Waals surface area contributed by atoms with Crippen LogP contribution in [-0.2, 0) is 16.0 Å². The van der Waals surface area contributed by atoms with Gasteiger partial charge >= 0.3 is 0 Å². The van der Waals surface area contributed by atoms with Gasteiger partial charge in [0, 0.05) is 18.9 Å². The van der Waals surface area contributed by atoms with Gasteiger partial charge in [-0.15, -0.1) is 0 Å². The predicted molar refractivity (Wildman–Crippen MR) is 138 cm³/mol. The molecular weight excluding hydrogens is 477 g/mol. The summed E-state index contributed by atoms with van der Waals surface area (Å²) in [7, 11) is 0. The zero-order chi connectivity index (χ0) is 25.6. The lowest BCUT2D eigenvalue weighted by Gasteiger charge is -2.39. The largest absolute Gasteiger partial charge is 0.275 e. The summed E-state index contributed by atoms with van der Waals surface area (Å²) in [5, 5.41) is 5.23. The summed E-state index contributed by atoms with van der Waals surface area (Å²) in [6.45, 7) is 5.19. The van der Waals surface area contributed by atoms with Crippen LogP contribution in [0.2, 0.25) is 5.02 Å². The quantitative estimate of drug-likeness (QED) is 0.395. The molecule has 3 atom stereocenters. The Labute approximate surface area is 215 Å². The van der Waals surface area contributed by atoms with Gasteiger partial charge < -0.3 is 0 Å². The summed E-state index contributed by atoms with van der Waals surface area (Å²) < 4.78 is 15.3. The van der Waals surface area contributed by atoms with Gasteiger partial charge in [-0.3, -0.25) is 14.5 Å². The number of amides is 2. The monoisotopic (exact) mass is 505 g/mol. The Hall–Kier alpha value is -3.25. The maximum absolute atomic E-state index is 13.4. The number of rotatable bonds is 5. The second-order valence-corrected chi connectivity index (χ2v) is 10.6. The van der Waals surface area contributed by atoms with E-state index in [0.717, 1.165) is 41.8 Å². The predicted octanol–water partition coefficient (Wildman–Crippen LogP) is 6.55. The molecule has 2 aliphatic rings. The first kappa shape index (κ1) is 24.4. The smallest absolute Gasteiger partial charge is 0.226 e. The van der Waals surface area contributed by atoms with Gasteiger partial charge in [-0.1, -0.05) is 36.2 Å². The highest BCUT2D eigenvalue weighted by atomic mass is 35.5. The normalized spacial score (nSPS) is 21.4. The first-order valence-electron chi connectivity index (χ1n) is 12.3. The van der Waals surface area contributed by atoms with Gasteiger partial charge in [-0.25, -0.2) is 9.07 Å². The lowest BCUT2D eigenvalue weighted by atomic mass is 9.68. The molecule has 1 fully saturated rings. The number of halogens is 2. The molecular formula is C29H29ClFN3O2. The Morgan fingerprint density at radius 3 is 2.44 bits per heavy atom. The van der Waals surface area contributed by atoms with E-state index in [-0.39, 0.29) is 35.0 Å². The molecule has 0 saturated heterocycles. The minimum atomic E-state index is -0.359. The fourth-order valence-electron chi connectivity index (χ4n) is 6.11. The molecule has 2 aliphatic carbocycles. The molecule has 1 saturated carbocycles. The first-order chi connectivity index (χ1) is 17.2. The average molecular weight is 506 g/mol. The number of benzene rings is 2. The zero-order valence-electron chi connectivity index (χ0n) is 20.7. The second kappa shape index (κ2) is 9.32. The number of nitrogens with zero attached hydrogens (tertiary/aromatic N) is 3. The molecule has 186 valence electrons. The highest BCUT2D eigenvalue weighted by molar-refractivity contribution is 6.30. The lowest BCUT2D eigenvalue weighted by molar-refractivity contribution is -0.145. The summed E-state index contributed by atoms with van der Waals surface area (Å²) in [6, 6.07) is 13.4. The fraction of sp³-hybridized carbons (Fsp3) is 0.345. The maximum atomic E-state index is 13.4. The topological polar surface area (TPSA) is 55.2 Å². The molecule has 5 nitrogen and oxygen atoms in total. The van der Waals surface area contributed by atoms with E-state index in [4.69, 9.17) is 11.6 Å². The Balaban J connectivity index is 1.48. The zero-order valence-corrected chi connectivity index (χ0v) is 21.4. The van der Waals surface area contributed by atoms with Crippen LogP contribution in [0.25, 0.3) is 11.8 Å². The molecule has 1 heterocycles. The maximum Gasteiger partial charge on any atom is 0.226 e. The minimum absolute atomic E-state index is 0.104. The highest BCUT2D eigenvalue weighted by Gasteiger charge is 2.47. The van der Waals surface area contributed by atoms with E-state index in [0.29, 0.717) is 11.4 Å². The van der Waals surface area contributed by atoms with E-state index in [9.17, 15) is 14.0 Å². The number of carbonyl (C=O) groups excluding carboxylic acids is 2. The Morgan fingerprint density at radius 2 is 1.81 bits per heavy atom. The number of aromatic nitrogens is 2. The molecule has 0 spiro atoms. The number of hydrogen-bond acceptors (Lipinski definition) is 3. The van der Waals surface area contributed by atoms with Gasteiger partial charge in [0.15, 0.2) is 0 Å². The Kier molecular flexibility index (Phi) is 6.33.